The molecule has 1 saturated carbocycles. The summed E-state index contributed by atoms with van der Waals surface area (Å²) < 4.78 is 0. The van der Waals surface area contributed by atoms with Crippen LogP contribution in [-0.4, -0.2) is 52.5 Å². The number of carbonyl (C=O) groups excluding carboxylic acids is 3. The molecule has 7 heteroatoms. The van der Waals surface area contributed by atoms with Crippen LogP contribution in [-0.2, 0) is 0 Å². The third-order valence-corrected chi connectivity index (χ3v) is 6.51. The zero-order valence-corrected chi connectivity index (χ0v) is 17.8. The van der Waals surface area contributed by atoms with Crippen LogP contribution < -0.4 is 0 Å². The highest BCUT2D eigenvalue weighted by Gasteiger charge is 2.41. The maximum absolute atomic E-state index is 13.3. The van der Waals surface area contributed by atoms with Gasteiger partial charge in [-0.15, -0.1) is 0 Å². The van der Waals surface area contributed by atoms with Crippen molar-refractivity contribution in [2.75, 3.05) is 13.1 Å². The molecule has 0 unspecified atom stereocenters. The average Bonchev–Trinajstić information content (AvgIpc) is 3.37. The smallest absolute Gasteiger partial charge is 0.261 e. The van der Waals surface area contributed by atoms with E-state index in [1.54, 1.807) is 35.2 Å². The Balaban J connectivity index is 1.42. The second kappa shape index (κ2) is 7.93. The van der Waals surface area contributed by atoms with E-state index in [0.717, 1.165) is 37.7 Å². The Hall–Kier alpha value is -2.99. The van der Waals surface area contributed by atoms with Crippen LogP contribution in [0.2, 0.25) is 5.02 Å². The number of rotatable bonds is 3. The Bertz CT molecular complexity index is 1120. The van der Waals surface area contributed by atoms with E-state index in [1.807, 2.05) is 12.1 Å². The molecule has 2 aromatic carbocycles. The molecule has 31 heavy (non-hydrogen) atoms. The maximum Gasteiger partial charge on any atom is 0.261 e. The minimum atomic E-state index is -0.285. The molecule has 158 valence electrons. The Labute approximate surface area is 185 Å². The molecule has 0 atom stereocenters. The van der Waals surface area contributed by atoms with Crippen LogP contribution in [0.25, 0.3) is 0 Å². The number of imide groups is 1. The molecule has 6 nitrogen and oxygen atoms in total. The summed E-state index contributed by atoms with van der Waals surface area (Å²) in [6, 6.07) is 12.0. The SMILES string of the molecule is O=C(c1ccc2c(c1)C(=O)N(C1CCCCC1)C2=O)N1CCN=C1c1cccc(Cl)c1. The summed E-state index contributed by atoms with van der Waals surface area (Å²) in [5.41, 5.74) is 1.86. The topological polar surface area (TPSA) is 70.1 Å². The largest absolute Gasteiger partial charge is 0.291 e. The van der Waals surface area contributed by atoms with E-state index in [2.05, 4.69) is 4.99 Å². The predicted molar refractivity (Wildman–Crippen MR) is 118 cm³/mol. The first-order chi connectivity index (χ1) is 15.0. The Kier molecular flexibility index (Phi) is 5.10. The molecule has 2 aromatic rings. The van der Waals surface area contributed by atoms with E-state index in [0.29, 0.717) is 40.6 Å². The first-order valence-electron chi connectivity index (χ1n) is 10.7. The standard InChI is InChI=1S/C24H22ClN3O3/c25-17-6-4-5-15(13-17)21-26-11-12-27(21)22(29)16-9-10-19-20(14-16)24(31)28(23(19)30)18-7-2-1-3-8-18/h4-6,9-10,13-14,18H,1-3,7-8,11-12H2. The van der Waals surface area contributed by atoms with Crippen LogP contribution in [0.5, 0.6) is 0 Å². The summed E-state index contributed by atoms with van der Waals surface area (Å²) in [7, 11) is 0. The Morgan fingerprint density at radius 2 is 1.74 bits per heavy atom. The number of hydrogen-bond donors (Lipinski definition) is 0. The van der Waals surface area contributed by atoms with E-state index in [9.17, 15) is 14.4 Å². The summed E-state index contributed by atoms with van der Waals surface area (Å²) in [6.07, 6.45) is 4.91. The molecule has 1 aliphatic carbocycles. The maximum atomic E-state index is 13.3. The number of fused-ring (bicyclic) bond motifs is 1. The second-order valence-corrected chi connectivity index (χ2v) is 8.64. The molecule has 0 bridgehead atoms. The normalized spacial score (nSPS) is 19.1. The molecule has 2 heterocycles. The van der Waals surface area contributed by atoms with Gasteiger partial charge in [0.15, 0.2) is 0 Å². The van der Waals surface area contributed by atoms with Crippen molar-refractivity contribution in [3.8, 4) is 0 Å². The van der Waals surface area contributed by atoms with Crippen molar-refractivity contribution < 1.29 is 14.4 Å². The fraction of sp³-hybridized carbons (Fsp3) is 0.333. The highest BCUT2D eigenvalue weighted by Crippen LogP contribution is 2.32. The van der Waals surface area contributed by atoms with E-state index in [1.165, 1.54) is 4.90 Å². The number of carbonyl (C=O) groups is 3. The van der Waals surface area contributed by atoms with Crippen molar-refractivity contribution in [3.05, 3.63) is 69.7 Å². The summed E-state index contributed by atoms with van der Waals surface area (Å²) >= 11 is 6.11. The van der Waals surface area contributed by atoms with Crippen molar-refractivity contribution >= 4 is 35.2 Å². The van der Waals surface area contributed by atoms with Gasteiger partial charge in [-0.2, -0.15) is 0 Å². The number of benzene rings is 2. The highest BCUT2D eigenvalue weighted by molar-refractivity contribution is 6.31. The Morgan fingerprint density at radius 1 is 0.968 bits per heavy atom. The lowest BCUT2D eigenvalue weighted by Gasteiger charge is -2.29. The van der Waals surface area contributed by atoms with Crippen LogP contribution in [0.4, 0.5) is 0 Å². The number of amides is 3. The third kappa shape index (κ3) is 3.45. The van der Waals surface area contributed by atoms with Crippen molar-refractivity contribution in [2.24, 2.45) is 4.99 Å². The lowest BCUT2D eigenvalue weighted by Crippen LogP contribution is -2.40. The lowest BCUT2D eigenvalue weighted by atomic mass is 9.94. The van der Waals surface area contributed by atoms with E-state index < -0.39 is 0 Å². The molecule has 1 fully saturated rings. The number of aliphatic imine (C=N–C) groups is 1. The quantitative estimate of drug-likeness (QED) is 0.679. The summed E-state index contributed by atoms with van der Waals surface area (Å²) in [4.78, 5) is 46.7. The van der Waals surface area contributed by atoms with E-state index >= 15 is 0 Å². The minimum Gasteiger partial charge on any atom is -0.291 e. The second-order valence-electron chi connectivity index (χ2n) is 8.20. The van der Waals surface area contributed by atoms with Gasteiger partial charge in [-0.1, -0.05) is 43.0 Å². The summed E-state index contributed by atoms with van der Waals surface area (Å²) in [5, 5.41) is 0.573. The van der Waals surface area contributed by atoms with Gasteiger partial charge in [0.1, 0.15) is 5.84 Å². The molecular formula is C24H22ClN3O3. The average molecular weight is 436 g/mol. The molecule has 3 amide bonds. The third-order valence-electron chi connectivity index (χ3n) is 6.27. The molecule has 2 aliphatic heterocycles. The molecule has 5 rings (SSSR count). The van der Waals surface area contributed by atoms with Crippen molar-refractivity contribution in [1.29, 1.82) is 0 Å². The van der Waals surface area contributed by atoms with Gasteiger partial charge in [-0.25, -0.2) is 0 Å². The molecule has 0 saturated heterocycles. The van der Waals surface area contributed by atoms with Crippen LogP contribution in [0.15, 0.2) is 47.5 Å². The van der Waals surface area contributed by atoms with Gasteiger partial charge in [-0.3, -0.25) is 29.2 Å². The number of amidine groups is 1. The fourth-order valence-electron chi connectivity index (χ4n) is 4.74. The molecule has 0 spiro atoms. The zero-order chi connectivity index (χ0) is 21.5. The van der Waals surface area contributed by atoms with Gasteiger partial charge in [-0.05, 0) is 43.2 Å². The minimum absolute atomic E-state index is 0.0413. The molecule has 0 aromatic heterocycles. The van der Waals surface area contributed by atoms with Crippen LogP contribution in [0.3, 0.4) is 0 Å². The van der Waals surface area contributed by atoms with Crippen molar-refractivity contribution in [3.63, 3.8) is 0 Å². The van der Waals surface area contributed by atoms with Crippen molar-refractivity contribution in [1.82, 2.24) is 9.80 Å². The Morgan fingerprint density at radius 3 is 2.52 bits per heavy atom. The molecule has 3 aliphatic rings. The fourth-order valence-corrected chi connectivity index (χ4v) is 4.93. The van der Waals surface area contributed by atoms with E-state index in [4.69, 9.17) is 11.6 Å². The van der Waals surface area contributed by atoms with Gasteiger partial charge in [0.2, 0.25) is 0 Å². The van der Waals surface area contributed by atoms with Crippen LogP contribution in [0.1, 0.15) is 68.7 Å². The molecule has 0 N–H and O–H groups in total. The van der Waals surface area contributed by atoms with Gasteiger partial charge >= 0.3 is 0 Å². The van der Waals surface area contributed by atoms with Gasteiger partial charge < -0.3 is 0 Å². The monoisotopic (exact) mass is 435 g/mol. The molecular weight excluding hydrogens is 414 g/mol. The van der Waals surface area contributed by atoms with Crippen LogP contribution in [0, 0.1) is 0 Å². The molecule has 0 radical (unpaired) electrons. The van der Waals surface area contributed by atoms with Gasteiger partial charge in [0.05, 0.1) is 17.7 Å². The first kappa shape index (κ1) is 19.9. The number of halogens is 1. The van der Waals surface area contributed by atoms with Gasteiger partial charge in [0, 0.05) is 28.7 Å². The van der Waals surface area contributed by atoms with E-state index in [-0.39, 0.29) is 23.8 Å². The lowest BCUT2D eigenvalue weighted by molar-refractivity contribution is 0.0548. The van der Waals surface area contributed by atoms with Crippen molar-refractivity contribution in [2.45, 2.75) is 38.1 Å². The summed E-state index contributed by atoms with van der Waals surface area (Å²) in [5.74, 6) is -0.199. The first-order valence-corrected chi connectivity index (χ1v) is 11.1. The van der Waals surface area contributed by atoms with Crippen LogP contribution >= 0.6 is 11.6 Å². The zero-order valence-electron chi connectivity index (χ0n) is 17.0. The summed E-state index contributed by atoms with van der Waals surface area (Å²) in [6.45, 7) is 0.963. The highest BCUT2D eigenvalue weighted by atomic mass is 35.5. The van der Waals surface area contributed by atoms with Gasteiger partial charge in [0.25, 0.3) is 17.7 Å². The number of hydrogen-bond acceptors (Lipinski definition) is 4. The predicted octanol–water partition coefficient (Wildman–Crippen LogP) is 4.17. The number of nitrogens with zero attached hydrogens (tertiary/aromatic N) is 3.